The number of ether oxygens (including phenoxy) is 1. The SMILES string of the molecule is Clc1ccc(COc2cc[c]cc2)cc1Cl. The summed E-state index contributed by atoms with van der Waals surface area (Å²) in [7, 11) is 0. The summed E-state index contributed by atoms with van der Waals surface area (Å²) in [5.74, 6) is 0.810. The Labute approximate surface area is 105 Å². The van der Waals surface area contributed by atoms with Gasteiger partial charge in [-0.05, 0) is 35.9 Å². The third kappa shape index (κ3) is 2.91. The van der Waals surface area contributed by atoms with Crippen molar-refractivity contribution in [2.24, 2.45) is 0 Å². The molecule has 0 spiro atoms. The number of halogens is 2. The van der Waals surface area contributed by atoms with Crippen LogP contribution in [0.1, 0.15) is 5.56 Å². The van der Waals surface area contributed by atoms with E-state index in [4.69, 9.17) is 27.9 Å². The molecule has 1 nitrogen and oxygen atoms in total. The van der Waals surface area contributed by atoms with E-state index in [-0.39, 0.29) is 0 Å². The standard InChI is InChI=1S/C13H9Cl2O/c14-12-7-6-10(8-13(12)15)9-16-11-4-2-1-3-5-11/h2-8H,9H2. The highest BCUT2D eigenvalue weighted by Gasteiger charge is 2.00. The molecule has 0 fully saturated rings. The van der Waals surface area contributed by atoms with Gasteiger partial charge >= 0.3 is 0 Å². The Kier molecular flexibility index (Phi) is 3.70. The fraction of sp³-hybridized carbons (Fsp3) is 0.0769. The van der Waals surface area contributed by atoms with Crippen LogP contribution in [0.4, 0.5) is 0 Å². The van der Waals surface area contributed by atoms with Crippen molar-refractivity contribution in [3.05, 3.63) is 64.1 Å². The molecule has 0 aliphatic heterocycles. The number of benzene rings is 2. The van der Waals surface area contributed by atoms with Crippen LogP contribution in [0.15, 0.2) is 42.5 Å². The van der Waals surface area contributed by atoms with Crippen molar-refractivity contribution in [2.75, 3.05) is 0 Å². The molecule has 3 heteroatoms. The lowest BCUT2D eigenvalue weighted by Crippen LogP contribution is -1.94. The molecular formula is C13H9Cl2O. The fourth-order valence-electron chi connectivity index (χ4n) is 1.26. The molecule has 2 aromatic carbocycles. The van der Waals surface area contributed by atoms with Gasteiger partial charge in [-0.2, -0.15) is 0 Å². The highest BCUT2D eigenvalue weighted by molar-refractivity contribution is 6.42. The summed E-state index contributed by atoms with van der Waals surface area (Å²) in [4.78, 5) is 0. The molecule has 0 N–H and O–H groups in total. The molecule has 2 rings (SSSR count). The van der Waals surface area contributed by atoms with Gasteiger partial charge in [0, 0.05) is 0 Å². The van der Waals surface area contributed by atoms with Crippen LogP contribution >= 0.6 is 23.2 Å². The molecule has 0 heterocycles. The van der Waals surface area contributed by atoms with E-state index in [9.17, 15) is 0 Å². The lowest BCUT2D eigenvalue weighted by atomic mass is 10.2. The average Bonchev–Trinajstić information content (AvgIpc) is 2.32. The smallest absolute Gasteiger partial charge is 0.119 e. The van der Waals surface area contributed by atoms with Gasteiger partial charge < -0.3 is 4.74 Å². The van der Waals surface area contributed by atoms with E-state index in [1.165, 1.54) is 0 Å². The van der Waals surface area contributed by atoms with Gasteiger partial charge in [0.25, 0.3) is 0 Å². The molecule has 0 aromatic heterocycles. The molecule has 1 radical (unpaired) electrons. The highest BCUT2D eigenvalue weighted by atomic mass is 35.5. The molecule has 0 atom stereocenters. The Bertz CT molecular complexity index is 469. The van der Waals surface area contributed by atoms with Gasteiger partial charge in [0.1, 0.15) is 12.4 Å². The predicted octanol–water partition coefficient (Wildman–Crippen LogP) is 4.37. The Balaban J connectivity index is 2.03. The number of hydrogen-bond donors (Lipinski definition) is 0. The minimum atomic E-state index is 0.473. The Hall–Kier alpha value is -1.18. The van der Waals surface area contributed by atoms with Crippen LogP contribution in [0, 0.1) is 6.07 Å². The van der Waals surface area contributed by atoms with E-state index in [0.717, 1.165) is 11.3 Å². The van der Waals surface area contributed by atoms with Gasteiger partial charge in [-0.3, -0.25) is 0 Å². The largest absolute Gasteiger partial charge is 0.489 e. The fourth-order valence-corrected chi connectivity index (χ4v) is 1.58. The van der Waals surface area contributed by atoms with Gasteiger partial charge in [-0.25, -0.2) is 0 Å². The lowest BCUT2D eigenvalue weighted by Gasteiger charge is -2.06. The summed E-state index contributed by atoms with van der Waals surface area (Å²) in [5.41, 5.74) is 0.988. The molecule has 0 saturated heterocycles. The summed E-state index contributed by atoms with van der Waals surface area (Å²) in [5, 5.41) is 1.10. The maximum absolute atomic E-state index is 5.90. The van der Waals surface area contributed by atoms with Gasteiger partial charge in [0.2, 0.25) is 0 Å². The second-order valence-corrected chi connectivity index (χ2v) is 4.09. The van der Waals surface area contributed by atoms with E-state index in [1.54, 1.807) is 12.1 Å². The van der Waals surface area contributed by atoms with E-state index in [1.807, 2.05) is 30.3 Å². The number of hydrogen-bond acceptors (Lipinski definition) is 1. The topological polar surface area (TPSA) is 9.23 Å². The van der Waals surface area contributed by atoms with Crippen molar-refractivity contribution < 1.29 is 4.74 Å². The van der Waals surface area contributed by atoms with Crippen LogP contribution in [0.2, 0.25) is 10.0 Å². The van der Waals surface area contributed by atoms with Gasteiger partial charge in [-0.1, -0.05) is 41.4 Å². The monoisotopic (exact) mass is 251 g/mol. The van der Waals surface area contributed by atoms with Crippen molar-refractivity contribution in [2.45, 2.75) is 6.61 Å². The third-order valence-corrected chi connectivity index (χ3v) is 2.82. The second kappa shape index (κ2) is 5.24. The van der Waals surface area contributed by atoms with E-state index >= 15 is 0 Å². The first-order valence-electron chi connectivity index (χ1n) is 4.78. The first kappa shape index (κ1) is 11.3. The summed E-state index contributed by atoms with van der Waals surface area (Å²) in [6.45, 7) is 0.473. The van der Waals surface area contributed by atoms with Crippen molar-refractivity contribution >= 4 is 23.2 Å². The minimum Gasteiger partial charge on any atom is -0.489 e. The van der Waals surface area contributed by atoms with Gasteiger partial charge in [-0.15, -0.1) is 0 Å². The summed E-state index contributed by atoms with van der Waals surface area (Å²) in [6, 6.07) is 15.7. The Morgan fingerprint density at radius 1 is 1.00 bits per heavy atom. The normalized spacial score (nSPS) is 10.1. The Morgan fingerprint density at radius 3 is 2.44 bits per heavy atom. The van der Waals surface area contributed by atoms with Crippen LogP contribution in [0.25, 0.3) is 0 Å². The highest BCUT2D eigenvalue weighted by Crippen LogP contribution is 2.23. The van der Waals surface area contributed by atoms with Crippen LogP contribution in [-0.4, -0.2) is 0 Å². The lowest BCUT2D eigenvalue weighted by molar-refractivity contribution is 0.306. The maximum atomic E-state index is 5.90. The van der Waals surface area contributed by atoms with Crippen LogP contribution in [0.5, 0.6) is 5.75 Å². The molecular weight excluding hydrogens is 243 g/mol. The average molecular weight is 252 g/mol. The molecule has 0 unspecified atom stereocenters. The zero-order chi connectivity index (χ0) is 11.4. The summed E-state index contributed by atoms with van der Waals surface area (Å²) < 4.78 is 5.57. The Morgan fingerprint density at radius 2 is 1.75 bits per heavy atom. The van der Waals surface area contributed by atoms with Gasteiger partial charge in [0.15, 0.2) is 0 Å². The third-order valence-electron chi connectivity index (χ3n) is 2.08. The van der Waals surface area contributed by atoms with Crippen molar-refractivity contribution in [1.82, 2.24) is 0 Å². The molecule has 81 valence electrons. The zero-order valence-electron chi connectivity index (χ0n) is 8.41. The molecule has 0 saturated carbocycles. The quantitative estimate of drug-likeness (QED) is 0.787. The molecule has 0 amide bonds. The molecule has 0 aliphatic carbocycles. The molecule has 0 aliphatic rings. The minimum absolute atomic E-state index is 0.473. The summed E-state index contributed by atoms with van der Waals surface area (Å²) in [6.07, 6.45) is 0. The predicted molar refractivity (Wildman–Crippen MR) is 66.1 cm³/mol. The van der Waals surface area contributed by atoms with E-state index in [2.05, 4.69) is 6.07 Å². The van der Waals surface area contributed by atoms with Crippen molar-refractivity contribution in [1.29, 1.82) is 0 Å². The van der Waals surface area contributed by atoms with Gasteiger partial charge in [0.05, 0.1) is 10.0 Å². The van der Waals surface area contributed by atoms with Crippen LogP contribution < -0.4 is 4.74 Å². The van der Waals surface area contributed by atoms with Crippen LogP contribution in [0.3, 0.4) is 0 Å². The second-order valence-electron chi connectivity index (χ2n) is 3.27. The van der Waals surface area contributed by atoms with E-state index in [0.29, 0.717) is 16.7 Å². The summed E-state index contributed by atoms with van der Waals surface area (Å²) >= 11 is 11.7. The van der Waals surface area contributed by atoms with Crippen LogP contribution in [-0.2, 0) is 6.61 Å². The van der Waals surface area contributed by atoms with Crippen molar-refractivity contribution in [3.63, 3.8) is 0 Å². The zero-order valence-corrected chi connectivity index (χ0v) is 9.92. The first-order valence-corrected chi connectivity index (χ1v) is 5.54. The maximum Gasteiger partial charge on any atom is 0.119 e. The molecule has 0 bridgehead atoms. The molecule has 16 heavy (non-hydrogen) atoms. The number of rotatable bonds is 3. The van der Waals surface area contributed by atoms with E-state index < -0.39 is 0 Å². The molecule has 2 aromatic rings. The first-order chi connectivity index (χ1) is 7.75. The van der Waals surface area contributed by atoms with Crippen molar-refractivity contribution in [3.8, 4) is 5.75 Å².